The number of aromatic carboxylic acids is 1. The average Bonchev–Trinajstić information content (AvgIpc) is 2.45. The van der Waals surface area contributed by atoms with Crippen molar-refractivity contribution in [3.05, 3.63) is 65.0 Å². The summed E-state index contributed by atoms with van der Waals surface area (Å²) in [5, 5.41) is 8.71. The van der Waals surface area contributed by atoms with Crippen molar-refractivity contribution in [2.45, 2.75) is 6.61 Å². The number of carboxylic acids is 1. The Bertz CT molecular complexity index is 635. The Morgan fingerprint density at radius 1 is 1.20 bits per heavy atom. The molecule has 0 aromatic heterocycles. The van der Waals surface area contributed by atoms with Crippen molar-refractivity contribution in [2.75, 3.05) is 0 Å². The lowest BCUT2D eigenvalue weighted by Gasteiger charge is -2.07. The zero-order valence-corrected chi connectivity index (χ0v) is 10.4. The summed E-state index contributed by atoms with van der Waals surface area (Å²) in [4.78, 5) is 21.2. The number of benzene rings is 2. The van der Waals surface area contributed by atoms with Crippen molar-refractivity contribution in [1.82, 2.24) is 0 Å². The van der Waals surface area contributed by atoms with Gasteiger partial charge < -0.3 is 9.84 Å². The number of carboxylic acid groups (broad SMARTS) is 1. The van der Waals surface area contributed by atoms with Gasteiger partial charge in [0.05, 0.1) is 5.56 Å². The van der Waals surface area contributed by atoms with Gasteiger partial charge in [0.25, 0.3) is 0 Å². The van der Waals surface area contributed by atoms with E-state index in [-0.39, 0.29) is 12.2 Å². The second kappa shape index (κ2) is 5.97. The van der Waals surface area contributed by atoms with Crippen molar-refractivity contribution in [3.8, 4) is 5.75 Å². The van der Waals surface area contributed by atoms with Crippen LogP contribution >= 0.6 is 0 Å². The molecule has 5 heteroatoms. The van der Waals surface area contributed by atoms with Crippen LogP contribution in [-0.2, 0) is 6.61 Å². The van der Waals surface area contributed by atoms with E-state index in [0.29, 0.717) is 16.9 Å². The smallest absolute Gasteiger partial charge is 0.338 e. The lowest BCUT2D eigenvalue weighted by Crippen LogP contribution is -2.02. The van der Waals surface area contributed by atoms with Gasteiger partial charge in [-0.1, -0.05) is 6.07 Å². The monoisotopic (exact) mass is 274 g/mol. The van der Waals surface area contributed by atoms with Crippen molar-refractivity contribution in [2.24, 2.45) is 0 Å². The Morgan fingerprint density at radius 2 is 1.90 bits per heavy atom. The summed E-state index contributed by atoms with van der Waals surface area (Å²) in [5.41, 5.74) is 0.685. The lowest BCUT2D eigenvalue weighted by molar-refractivity contribution is 0.0691. The fourth-order valence-corrected chi connectivity index (χ4v) is 1.63. The number of hydrogen-bond donors (Lipinski definition) is 1. The van der Waals surface area contributed by atoms with E-state index in [1.807, 2.05) is 0 Å². The molecule has 102 valence electrons. The summed E-state index contributed by atoms with van der Waals surface area (Å²) < 4.78 is 18.9. The second-order valence-electron chi connectivity index (χ2n) is 4.09. The maximum Gasteiger partial charge on any atom is 0.338 e. The largest absolute Gasteiger partial charge is 0.489 e. The SMILES string of the molecule is O=Cc1ccc(OCc2ccc(C(=O)O)c(F)c2)cc1. The molecule has 0 aliphatic carbocycles. The molecule has 0 heterocycles. The summed E-state index contributed by atoms with van der Waals surface area (Å²) in [7, 11) is 0. The fraction of sp³-hybridized carbons (Fsp3) is 0.0667. The molecule has 0 bridgehead atoms. The molecule has 1 N–H and O–H groups in total. The molecular formula is C15H11FO4. The van der Waals surface area contributed by atoms with E-state index in [1.54, 1.807) is 24.3 Å². The van der Waals surface area contributed by atoms with Gasteiger partial charge in [-0.05, 0) is 42.0 Å². The summed E-state index contributed by atoms with van der Waals surface area (Å²) in [6.07, 6.45) is 0.726. The molecule has 0 spiro atoms. The minimum Gasteiger partial charge on any atom is -0.489 e. The van der Waals surface area contributed by atoms with Crippen molar-refractivity contribution >= 4 is 12.3 Å². The van der Waals surface area contributed by atoms with Crippen molar-refractivity contribution in [1.29, 1.82) is 0 Å². The molecule has 2 aromatic rings. The van der Waals surface area contributed by atoms with Crippen molar-refractivity contribution in [3.63, 3.8) is 0 Å². The third-order valence-electron chi connectivity index (χ3n) is 2.69. The Balaban J connectivity index is 2.05. The molecule has 4 nitrogen and oxygen atoms in total. The highest BCUT2D eigenvalue weighted by atomic mass is 19.1. The van der Waals surface area contributed by atoms with E-state index in [4.69, 9.17) is 9.84 Å². The third kappa shape index (κ3) is 3.20. The molecule has 0 saturated carbocycles. The first-order valence-corrected chi connectivity index (χ1v) is 5.80. The van der Waals surface area contributed by atoms with E-state index < -0.39 is 11.8 Å². The maximum atomic E-state index is 13.5. The number of carbonyl (C=O) groups is 2. The molecule has 20 heavy (non-hydrogen) atoms. The van der Waals surface area contributed by atoms with Gasteiger partial charge >= 0.3 is 5.97 Å². The molecule has 0 fully saturated rings. The normalized spacial score (nSPS) is 10.1. The maximum absolute atomic E-state index is 13.5. The van der Waals surface area contributed by atoms with Gasteiger partial charge in [0.15, 0.2) is 0 Å². The predicted octanol–water partition coefficient (Wildman–Crippen LogP) is 2.92. The highest BCUT2D eigenvalue weighted by Crippen LogP contribution is 2.15. The second-order valence-corrected chi connectivity index (χ2v) is 4.09. The standard InChI is InChI=1S/C15H11FO4/c16-14-7-11(3-6-13(14)15(18)19)9-20-12-4-1-10(8-17)2-5-12/h1-8H,9H2,(H,18,19). The predicted molar refractivity (Wildman–Crippen MR) is 69.5 cm³/mol. The molecule has 0 amide bonds. The molecule has 2 rings (SSSR count). The van der Waals surface area contributed by atoms with Gasteiger partial charge in [0, 0.05) is 5.56 Å². The van der Waals surface area contributed by atoms with Gasteiger partial charge in [0.1, 0.15) is 24.5 Å². The molecule has 0 unspecified atom stereocenters. The molecular weight excluding hydrogens is 263 g/mol. The fourth-order valence-electron chi connectivity index (χ4n) is 1.63. The van der Waals surface area contributed by atoms with Gasteiger partial charge in [-0.3, -0.25) is 4.79 Å². The molecule has 2 aromatic carbocycles. The molecule has 0 radical (unpaired) electrons. The van der Waals surface area contributed by atoms with Gasteiger partial charge in [-0.25, -0.2) is 9.18 Å². The molecule has 0 aliphatic heterocycles. The van der Waals surface area contributed by atoms with Gasteiger partial charge in [-0.2, -0.15) is 0 Å². The highest BCUT2D eigenvalue weighted by molar-refractivity contribution is 5.87. The van der Waals surface area contributed by atoms with Crippen LogP contribution in [0.1, 0.15) is 26.3 Å². The Morgan fingerprint density at radius 3 is 2.45 bits per heavy atom. The minimum absolute atomic E-state index is 0.108. The zero-order chi connectivity index (χ0) is 14.5. The number of hydrogen-bond acceptors (Lipinski definition) is 3. The third-order valence-corrected chi connectivity index (χ3v) is 2.69. The first kappa shape index (κ1) is 13.7. The number of rotatable bonds is 5. The van der Waals surface area contributed by atoms with Crippen LogP contribution in [0.15, 0.2) is 42.5 Å². The Labute approximate surface area is 114 Å². The van der Waals surface area contributed by atoms with Crippen LogP contribution in [0.4, 0.5) is 4.39 Å². The molecule has 0 aliphatic rings. The number of carbonyl (C=O) groups excluding carboxylic acids is 1. The van der Waals surface area contributed by atoms with Crippen LogP contribution in [0.2, 0.25) is 0 Å². The van der Waals surface area contributed by atoms with Crippen LogP contribution in [0.3, 0.4) is 0 Å². The Kier molecular flexibility index (Phi) is 4.10. The molecule has 0 saturated heterocycles. The van der Waals surface area contributed by atoms with Crippen molar-refractivity contribution < 1.29 is 23.8 Å². The van der Waals surface area contributed by atoms with Gasteiger partial charge in [0.2, 0.25) is 0 Å². The van der Waals surface area contributed by atoms with Crippen LogP contribution in [0.25, 0.3) is 0 Å². The van der Waals surface area contributed by atoms with Crippen LogP contribution in [0.5, 0.6) is 5.75 Å². The topological polar surface area (TPSA) is 63.6 Å². The summed E-state index contributed by atoms with van der Waals surface area (Å²) in [6, 6.07) is 10.3. The quantitative estimate of drug-likeness (QED) is 0.851. The van der Waals surface area contributed by atoms with Crippen LogP contribution in [0, 0.1) is 5.82 Å². The van der Waals surface area contributed by atoms with Crippen LogP contribution in [-0.4, -0.2) is 17.4 Å². The Hall–Kier alpha value is -2.69. The number of halogens is 1. The number of aldehydes is 1. The summed E-state index contributed by atoms with van der Waals surface area (Å²) >= 11 is 0. The minimum atomic E-state index is -1.31. The van der Waals surface area contributed by atoms with E-state index >= 15 is 0 Å². The van der Waals surface area contributed by atoms with Gasteiger partial charge in [-0.15, -0.1) is 0 Å². The highest BCUT2D eigenvalue weighted by Gasteiger charge is 2.10. The lowest BCUT2D eigenvalue weighted by atomic mass is 10.1. The zero-order valence-electron chi connectivity index (χ0n) is 10.4. The van der Waals surface area contributed by atoms with E-state index in [1.165, 1.54) is 12.1 Å². The average molecular weight is 274 g/mol. The summed E-state index contributed by atoms with van der Waals surface area (Å²) in [6.45, 7) is 0.108. The van der Waals surface area contributed by atoms with E-state index in [9.17, 15) is 14.0 Å². The molecule has 0 atom stereocenters. The number of ether oxygens (including phenoxy) is 1. The summed E-state index contributed by atoms with van der Waals surface area (Å²) in [5.74, 6) is -1.56. The van der Waals surface area contributed by atoms with E-state index in [2.05, 4.69) is 0 Å². The van der Waals surface area contributed by atoms with Crippen LogP contribution < -0.4 is 4.74 Å². The van der Waals surface area contributed by atoms with E-state index in [0.717, 1.165) is 12.4 Å². The first-order valence-electron chi connectivity index (χ1n) is 5.80. The first-order chi connectivity index (χ1) is 9.60.